The van der Waals surface area contributed by atoms with Gasteiger partial charge in [-0.3, -0.25) is 9.97 Å². The first-order valence-corrected chi connectivity index (χ1v) is 7.93. The molecule has 1 aliphatic rings. The Hall–Kier alpha value is -2.69. The second kappa shape index (κ2) is 6.83. The summed E-state index contributed by atoms with van der Waals surface area (Å²) >= 11 is 9.75. The van der Waals surface area contributed by atoms with Gasteiger partial charge in [0.05, 0.1) is 28.3 Å². The van der Waals surface area contributed by atoms with Crippen molar-refractivity contribution < 1.29 is 0 Å². The predicted octanol–water partition coefficient (Wildman–Crippen LogP) is 2.53. The first kappa shape index (κ1) is 16.2. The van der Waals surface area contributed by atoms with Crippen molar-refractivity contribution in [2.45, 2.75) is 5.92 Å². The summed E-state index contributed by atoms with van der Waals surface area (Å²) in [6, 6.07) is 9.62. The van der Waals surface area contributed by atoms with Crippen LogP contribution in [-0.4, -0.2) is 15.0 Å². The fourth-order valence-electron chi connectivity index (χ4n) is 2.69. The summed E-state index contributed by atoms with van der Waals surface area (Å²) in [5, 5.41) is 13.2. The number of aromatic nitrogens is 2. The van der Waals surface area contributed by atoms with Gasteiger partial charge in [0.2, 0.25) is 0 Å². The van der Waals surface area contributed by atoms with Crippen molar-refractivity contribution in [2.24, 2.45) is 5.73 Å². The Kier molecular flexibility index (Phi) is 4.60. The van der Waals surface area contributed by atoms with E-state index in [9.17, 15) is 5.26 Å². The first-order valence-electron chi connectivity index (χ1n) is 7.08. The van der Waals surface area contributed by atoms with E-state index in [1.807, 2.05) is 24.3 Å². The van der Waals surface area contributed by atoms with Crippen molar-refractivity contribution >= 4 is 35.5 Å². The lowest BCUT2D eigenvalue weighted by Crippen LogP contribution is -2.29. The fraction of sp³-hybridized carbons (Fsp3) is 0.0588. The maximum atomic E-state index is 9.62. The normalized spacial score (nSPS) is 17.2. The molecule has 3 N–H and O–H groups in total. The number of nitriles is 1. The zero-order valence-corrected chi connectivity index (χ0v) is 14.2. The van der Waals surface area contributed by atoms with Gasteiger partial charge in [0.1, 0.15) is 4.99 Å². The largest absolute Gasteiger partial charge is 0.390 e. The second-order valence-corrected chi connectivity index (χ2v) is 5.99. The molecule has 24 heavy (non-hydrogen) atoms. The zero-order valence-electron chi connectivity index (χ0n) is 12.5. The van der Waals surface area contributed by atoms with Crippen molar-refractivity contribution in [1.82, 2.24) is 15.3 Å². The third-order valence-corrected chi connectivity index (χ3v) is 4.29. The fourth-order valence-corrected chi connectivity index (χ4v) is 3.20. The number of allylic oxidation sites excluding steroid dienone is 1. The Balaban J connectivity index is 2.27. The van der Waals surface area contributed by atoms with E-state index >= 15 is 0 Å². The van der Waals surface area contributed by atoms with Gasteiger partial charge in [-0.2, -0.15) is 5.26 Å². The number of nitrogens with two attached hydrogens (primary N) is 1. The predicted molar refractivity (Wildman–Crippen MR) is 99.7 cm³/mol. The summed E-state index contributed by atoms with van der Waals surface area (Å²) < 4.78 is 0. The molecule has 0 amide bonds. The Morgan fingerprint density at radius 1 is 1.25 bits per heavy atom. The molecule has 0 fully saturated rings. The van der Waals surface area contributed by atoms with Crippen LogP contribution < -0.4 is 11.1 Å². The van der Waals surface area contributed by atoms with Crippen LogP contribution in [0.4, 0.5) is 0 Å². The minimum Gasteiger partial charge on any atom is -0.390 e. The summed E-state index contributed by atoms with van der Waals surface area (Å²) in [6.07, 6.45) is 6.74. The minimum atomic E-state index is -0.403. The number of hydrogen-bond donors (Lipinski definition) is 3. The Bertz CT molecular complexity index is 882. The molecule has 0 spiro atoms. The molecule has 1 unspecified atom stereocenters. The molecular weight excluding hydrogens is 338 g/mol. The number of hydrogen-bond acceptors (Lipinski definition) is 6. The molecule has 7 heteroatoms. The summed E-state index contributed by atoms with van der Waals surface area (Å²) in [5.74, 6) is -0.403. The number of nitrogens with zero attached hydrogens (tertiary/aromatic N) is 3. The highest BCUT2D eigenvalue weighted by molar-refractivity contribution is 7.84. The third kappa shape index (κ3) is 2.89. The number of rotatable bonds is 3. The molecule has 0 aliphatic carbocycles. The molecule has 0 radical (unpaired) electrons. The number of nitrogens with one attached hydrogen (secondary N) is 1. The van der Waals surface area contributed by atoms with Gasteiger partial charge in [-0.1, -0.05) is 12.2 Å². The molecule has 2 aromatic rings. The van der Waals surface area contributed by atoms with Gasteiger partial charge in [0.15, 0.2) is 0 Å². The van der Waals surface area contributed by atoms with Crippen molar-refractivity contribution in [3.63, 3.8) is 0 Å². The van der Waals surface area contributed by atoms with Gasteiger partial charge in [-0.25, -0.2) is 0 Å². The zero-order chi connectivity index (χ0) is 17.1. The minimum absolute atomic E-state index is 0.219. The maximum Gasteiger partial charge on any atom is 0.103 e. The van der Waals surface area contributed by atoms with Crippen molar-refractivity contribution in [3.8, 4) is 6.07 Å². The Morgan fingerprint density at radius 3 is 2.58 bits per heavy atom. The molecule has 3 heterocycles. The molecule has 0 saturated carbocycles. The third-order valence-electron chi connectivity index (χ3n) is 3.72. The molecule has 5 nitrogen and oxygen atoms in total. The van der Waals surface area contributed by atoms with E-state index in [2.05, 4.69) is 34.0 Å². The first-order chi connectivity index (χ1) is 11.6. The molecule has 1 aliphatic heterocycles. The maximum absolute atomic E-state index is 9.62. The van der Waals surface area contributed by atoms with Crippen LogP contribution in [0.2, 0.25) is 0 Å². The summed E-state index contributed by atoms with van der Waals surface area (Å²) in [7, 11) is 0. The summed E-state index contributed by atoms with van der Waals surface area (Å²) in [6.45, 7) is 0. The molecule has 3 rings (SSSR count). The van der Waals surface area contributed by atoms with Crippen LogP contribution in [0.1, 0.15) is 17.0 Å². The van der Waals surface area contributed by atoms with Gasteiger partial charge in [-0.05, 0) is 29.8 Å². The number of pyridine rings is 2. The van der Waals surface area contributed by atoms with E-state index in [4.69, 9.17) is 18.0 Å². The highest BCUT2D eigenvalue weighted by Gasteiger charge is 2.32. The van der Waals surface area contributed by atoms with Crippen LogP contribution in [0.15, 0.2) is 65.2 Å². The van der Waals surface area contributed by atoms with Gasteiger partial charge < -0.3 is 11.1 Å². The molecule has 2 aromatic heterocycles. The molecule has 0 aromatic carbocycles. The Labute approximate surface area is 150 Å². The van der Waals surface area contributed by atoms with E-state index in [1.54, 1.807) is 24.8 Å². The van der Waals surface area contributed by atoms with Gasteiger partial charge >= 0.3 is 0 Å². The highest BCUT2D eigenvalue weighted by atomic mass is 32.1. The number of thiol groups is 1. The highest BCUT2D eigenvalue weighted by Crippen LogP contribution is 2.40. The molecule has 1 atom stereocenters. The van der Waals surface area contributed by atoms with E-state index < -0.39 is 5.92 Å². The average Bonchev–Trinajstić information content (AvgIpc) is 2.62. The lowest BCUT2D eigenvalue weighted by atomic mass is 9.81. The quantitative estimate of drug-likeness (QED) is 0.582. The molecule has 0 saturated heterocycles. The van der Waals surface area contributed by atoms with E-state index in [0.717, 1.165) is 11.1 Å². The summed E-state index contributed by atoms with van der Waals surface area (Å²) in [5.41, 5.74) is 9.55. The monoisotopic (exact) mass is 351 g/mol. The lowest BCUT2D eigenvalue weighted by molar-refractivity contribution is 0.921. The van der Waals surface area contributed by atoms with Crippen molar-refractivity contribution in [1.29, 1.82) is 5.26 Å². The van der Waals surface area contributed by atoms with Crippen LogP contribution in [0.25, 0.3) is 5.70 Å². The average molecular weight is 351 g/mol. The van der Waals surface area contributed by atoms with E-state index in [0.29, 0.717) is 21.9 Å². The molecular formula is C17H13N5S2. The standard InChI is InChI=1S/C17H13N5S2/c18-8-12-13(10-3-6-20-7-4-10)14(16(19)23)15(22-17(12)24)11-2-1-5-21-9-11/h1-7,9,13,22,24H,(H2,19,23). The topological polar surface area (TPSA) is 87.6 Å². The van der Waals surface area contributed by atoms with Crippen LogP contribution in [0.3, 0.4) is 0 Å². The molecule has 0 bridgehead atoms. The number of thiocarbonyl (C=S) groups is 1. The van der Waals surface area contributed by atoms with Gasteiger partial charge in [-0.15, -0.1) is 12.6 Å². The van der Waals surface area contributed by atoms with Crippen molar-refractivity contribution in [3.05, 3.63) is 76.4 Å². The molecule has 118 valence electrons. The van der Waals surface area contributed by atoms with Crippen LogP contribution >= 0.6 is 24.8 Å². The Morgan fingerprint density at radius 2 is 2.00 bits per heavy atom. The van der Waals surface area contributed by atoms with E-state index in [1.165, 1.54) is 0 Å². The van der Waals surface area contributed by atoms with Crippen molar-refractivity contribution in [2.75, 3.05) is 0 Å². The SMILES string of the molecule is N#CC1=C(S)NC(c2cccnc2)=C(C(N)=S)C1c1ccncc1. The summed E-state index contributed by atoms with van der Waals surface area (Å²) in [4.78, 5) is 8.39. The second-order valence-electron chi connectivity index (χ2n) is 5.11. The van der Waals surface area contributed by atoms with E-state index in [-0.39, 0.29) is 4.99 Å². The van der Waals surface area contributed by atoms with Crippen LogP contribution in [0, 0.1) is 11.3 Å². The smallest absolute Gasteiger partial charge is 0.103 e. The van der Waals surface area contributed by atoms with Crippen LogP contribution in [-0.2, 0) is 0 Å². The lowest BCUT2D eigenvalue weighted by Gasteiger charge is -2.30. The van der Waals surface area contributed by atoms with Gasteiger partial charge in [0.25, 0.3) is 0 Å². The van der Waals surface area contributed by atoms with Crippen LogP contribution in [0.5, 0.6) is 0 Å². The van der Waals surface area contributed by atoms with Gasteiger partial charge in [0, 0.05) is 35.9 Å². The number of dihydropyridines is 1.